The molecule has 0 fully saturated rings. The van der Waals surface area contributed by atoms with Gasteiger partial charge in [0.05, 0.1) is 5.69 Å². The predicted molar refractivity (Wildman–Crippen MR) is 77.9 cm³/mol. The molecule has 0 aliphatic rings. The molecule has 19 heavy (non-hydrogen) atoms. The van der Waals surface area contributed by atoms with Crippen LogP contribution in [-0.2, 0) is 0 Å². The highest BCUT2D eigenvalue weighted by molar-refractivity contribution is 5.18. The molecule has 2 aromatic rings. The molecule has 2 rings (SSSR count). The van der Waals surface area contributed by atoms with Gasteiger partial charge in [-0.25, -0.2) is 0 Å². The number of hydrogen-bond donors (Lipinski definition) is 1. The van der Waals surface area contributed by atoms with Crippen LogP contribution in [0.1, 0.15) is 43.5 Å². The molecule has 1 aromatic heterocycles. The van der Waals surface area contributed by atoms with Gasteiger partial charge in [0.1, 0.15) is 0 Å². The van der Waals surface area contributed by atoms with Crippen molar-refractivity contribution in [2.24, 2.45) is 0 Å². The van der Waals surface area contributed by atoms with Crippen LogP contribution in [0.25, 0.3) is 0 Å². The first-order valence-corrected chi connectivity index (χ1v) is 6.81. The van der Waals surface area contributed by atoms with E-state index in [-0.39, 0.29) is 6.04 Å². The Labute approximate surface area is 115 Å². The topological polar surface area (TPSA) is 37.8 Å². The third-order valence-corrected chi connectivity index (χ3v) is 3.42. The van der Waals surface area contributed by atoms with Crippen molar-refractivity contribution in [1.29, 1.82) is 0 Å². The largest absolute Gasteiger partial charge is 0.309 e. The van der Waals surface area contributed by atoms with Crippen LogP contribution in [0.4, 0.5) is 0 Å². The minimum Gasteiger partial charge on any atom is -0.309 e. The summed E-state index contributed by atoms with van der Waals surface area (Å²) in [6, 6.07) is 10.9. The third-order valence-electron chi connectivity index (χ3n) is 3.42. The number of nitrogens with zero attached hydrogens (tertiary/aromatic N) is 2. The first-order chi connectivity index (χ1) is 9.27. The summed E-state index contributed by atoms with van der Waals surface area (Å²) in [5.74, 6) is 0.572. The second-order valence-corrected chi connectivity index (χ2v) is 4.91. The lowest BCUT2D eigenvalue weighted by atomic mass is 9.98. The van der Waals surface area contributed by atoms with Gasteiger partial charge in [-0.05, 0) is 31.4 Å². The van der Waals surface area contributed by atoms with E-state index in [0.29, 0.717) is 5.92 Å². The Morgan fingerprint density at radius 3 is 2.58 bits per heavy atom. The molecule has 3 heteroatoms. The SMILES string of the molecule is CC(CCNC(C)c1cnccn1)c1ccccc1. The Hall–Kier alpha value is -1.74. The zero-order chi connectivity index (χ0) is 13.5. The maximum absolute atomic E-state index is 4.31. The lowest BCUT2D eigenvalue weighted by Gasteiger charge is -2.16. The molecule has 1 aromatic carbocycles. The summed E-state index contributed by atoms with van der Waals surface area (Å²) in [4.78, 5) is 8.40. The second kappa shape index (κ2) is 7.00. The van der Waals surface area contributed by atoms with Gasteiger partial charge < -0.3 is 5.32 Å². The van der Waals surface area contributed by atoms with Gasteiger partial charge in [0.15, 0.2) is 0 Å². The molecule has 0 bridgehead atoms. The fourth-order valence-corrected chi connectivity index (χ4v) is 2.10. The van der Waals surface area contributed by atoms with E-state index in [4.69, 9.17) is 0 Å². The van der Waals surface area contributed by atoms with Gasteiger partial charge in [-0.3, -0.25) is 9.97 Å². The van der Waals surface area contributed by atoms with Crippen molar-refractivity contribution in [1.82, 2.24) is 15.3 Å². The Kier molecular flexibility index (Phi) is 5.04. The van der Waals surface area contributed by atoms with Crippen LogP contribution in [0.2, 0.25) is 0 Å². The normalized spacial score (nSPS) is 14.0. The van der Waals surface area contributed by atoms with Crippen LogP contribution in [-0.4, -0.2) is 16.5 Å². The molecule has 3 nitrogen and oxygen atoms in total. The van der Waals surface area contributed by atoms with Gasteiger partial charge in [0.25, 0.3) is 0 Å². The fourth-order valence-electron chi connectivity index (χ4n) is 2.10. The van der Waals surface area contributed by atoms with E-state index in [1.54, 1.807) is 12.4 Å². The molecule has 0 radical (unpaired) electrons. The van der Waals surface area contributed by atoms with Gasteiger partial charge in [-0.15, -0.1) is 0 Å². The molecular weight excluding hydrogens is 234 g/mol. The van der Waals surface area contributed by atoms with Crippen molar-refractivity contribution in [3.8, 4) is 0 Å². The predicted octanol–water partition coefficient (Wildman–Crippen LogP) is 3.32. The van der Waals surface area contributed by atoms with Crippen molar-refractivity contribution in [2.45, 2.75) is 32.2 Å². The van der Waals surface area contributed by atoms with Crippen molar-refractivity contribution in [3.63, 3.8) is 0 Å². The Morgan fingerprint density at radius 1 is 1.11 bits per heavy atom. The molecule has 100 valence electrons. The first kappa shape index (κ1) is 13.7. The number of aromatic nitrogens is 2. The Balaban J connectivity index is 1.78. The number of rotatable bonds is 6. The number of hydrogen-bond acceptors (Lipinski definition) is 3. The minimum atomic E-state index is 0.247. The number of benzene rings is 1. The average molecular weight is 255 g/mol. The van der Waals surface area contributed by atoms with Crippen molar-refractivity contribution in [3.05, 3.63) is 60.2 Å². The quantitative estimate of drug-likeness (QED) is 0.860. The first-order valence-electron chi connectivity index (χ1n) is 6.81. The summed E-state index contributed by atoms with van der Waals surface area (Å²) in [5, 5.41) is 3.50. The van der Waals surface area contributed by atoms with Crippen molar-refractivity contribution < 1.29 is 0 Å². The molecule has 0 spiro atoms. The van der Waals surface area contributed by atoms with E-state index in [9.17, 15) is 0 Å². The summed E-state index contributed by atoms with van der Waals surface area (Å²) in [7, 11) is 0. The van der Waals surface area contributed by atoms with Gasteiger partial charge in [0, 0.05) is 24.6 Å². The molecule has 0 amide bonds. The molecule has 2 atom stereocenters. The standard InChI is InChI=1S/C16H21N3/c1-13(15-6-4-3-5-7-15)8-9-18-14(2)16-12-17-10-11-19-16/h3-7,10-14,18H,8-9H2,1-2H3. The molecule has 1 N–H and O–H groups in total. The van der Waals surface area contributed by atoms with Gasteiger partial charge >= 0.3 is 0 Å². The van der Waals surface area contributed by atoms with E-state index in [2.05, 4.69) is 59.5 Å². The van der Waals surface area contributed by atoms with Gasteiger partial charge in [-0.2, -0.15) is 0 Å². The molecule has 1 heterocycles. The lowest BCUT2D eigenvalue weighted by Crippen LogP contribution is -2.22. The van der Waals surface area contributed by atoms with Crippen LogP contribution in [0.15, 0.2) is 48.9 Å². The van der Waals surface area contributed by atoms with E-state index in [1.807, 2.05) is 6.20 Å². The minimum absolute atomic E-state index is 0.247. The summed E-state index contributed by atoms with van der Waals surface area (Å²) in [6.07, 6.45) is 6.38. The van der Waals surface area contributed by atoms with E-state index >= 15 is 0 Å². The highest BCUT2D eigenvalue weighted by atomic mass is 14.9. The van der Waals surface area contributed by atoms with Crippen LogP contribution in [0.5, 0.6) is 0 Å². The van der Waals surface area contributed by atoms with Gasteiger partial charge in [0.2, 0.25) is 0 Å². The number of nitrogens with one attached hydrogen (secondary N) is 1. The smallest absolute Gasteiger partial charge is 0.0753 e. The van der Waals surface area contributed by atoms with Gasteiger partial charge in [-0.1, -0.05) is 37.3 Å². The summed E-state index contributed by atoms with van der Waals surface area (Å²) >= 11 is 0. The van der Waals surface area contributed by atoms with Crippen molar-refractivity contribution in [2.75, 3.05) is 6.54 Å². The molecule has 2 unspecified atom stereocenters. The summed E-state index contributed by atoms with van der Waals surface area (Å²) < 4.78 is 0. The zero-order valence-electron chi connectivity index (χ0n) is 11.6. The van der Waals surface area contributed by atoms with Crippen LogP contribution >= 0.6 is 0 Å². The Morgan fingerprint density at radius 2 is 1.89 bits per heavy atom. The van der Waals surface area contributed by atoms with E-state index in [1.165, 1.54) is 5.56 Å². The van der Waals surface area contributed by atoms with Crippen LogP contribution < -0.4 is 5.32 Å². The zero-order valence-corrected chi connectivity index (χ0v) is 11.6. The lowest BCUT2D eigenvalue weighted by molar-refractivity contribution is 0.522. The maximum atomic E-state index is 4.31. The highest BCUT2D eigenvalue weighted by Gasteiger charge is 2.08. The molecule has 0 aliphatic carbocycles. The molecule has 0 saturated heterocycles. The molecule has 0 saturated carbocycles. The highest BCUT2D eigenvalue weighted by Crippen LogP contribution is 2.18. The third kappa shape index (κ3) is 4.14. The molecular formula is C16H21N3. The fraction of sp³-hybridized carbons (Fsp3) is 0.375. The second-order valence-electron chi connectivity index (χ2n) is 4.91. The molecule has 0 aliphatic heterocycles. The van der Waals surface area contributed by atoms with Crippen LogP contribution in [0.3, 0.4) is 0 Å². The summed E-state index contributed by atoms with van der Waals surface area (Å²) in [6.45, 7) is 5.37. The van der Waals surface area contributed by atoms with E-state index in [0.717, 1.165) is 18.7 Å². The maximum Gasteiger partial charge on any atom is 0.0753 e. The summed E-state index contributed by atoms with van der Waals surface area (Å²) in [5.41, 5.74) is 2.39. The Bertz CT molecular complexity index is 424. The van der Waals surface area contributed by atoms with Crippen LogP contribution in [0, 0.1) is 0 Å². The average Bonchev–Trinajstić information content (AvgIpc) is 2.49. The van der Waals surface area contributed by atoms with E-state index < -0.39 is 0 Å². The monoisotopic (exact) mass is 255 g/mol. The van der Waals surface area contributed by atoms with Crippen molar-refractivity contribution >= 4 is 0 Å².